The molecule has 2 aromatic rings. The zero-order valence-corrected chi connectivity index (χ0v) is 11.1. The Labute approximate surface area is 112 Å². The van der Waals surface area contributed by atoms with E-state index in [4.69, 9.17) is 9.84 Å². The van der Waals surface area contributed by atoms with Crippen LogP contribution >= 0.6 is 15.9 Å². The summed E-state index contributed by atoms with van der Waals surface area (Å²) in [6.07, 6.45) is 2.76. The number of benzene rings is 1. The van der Waals surface area contributed by atoms with Crippen molar-refractivity contribution < 1.29 is 14.6 Å². The SMILES string of the molecule is Cc1ccc(Br)cc1Oc1cncc(C(=O)O)c1. The van der Waals surface area contributed by atoms with Gasteiger partial charge in [-0.15, -0.1) is 0 Å². The maximum Gasteiger partial charge on any atom is 0.337 e. The Hall–Kier alpha value is -1.88. The molecule has 0 aliphatic heterocycles. The van der Waals surface area contributed by atoms with E-state index >= 15 is 0 Å². The fraction of sp³-hybridized carbons (Fsp3) is 0.0769. The van der Waals surface area contributed by atoms with Crippen LogP contribution in [-0.4, -0.2) is 16.1 Å². The summed E-state index contributed by atoms with van der Waals surface area (Å²) in [5.41, 5.74) is 1.05. The molecule has 0 amide bonds. The quantitative estimate of drug-likeness (QED) is 0.940. The number of nitrogens with zero attached hydrogens (tertiary/aromatic N) is 1. The van der Waals surface area contributed by atoms with Gasteiger partial charge in [-0.3, -0.25) is 4.98 Å². The van der Waals surface area contributed by atoms with Crippen molar-refractivity contribution in [3.63, 3.8) is 0 Å². The third kappa shape index (κ3) is 2.87. The van der Waals surface area contributed by atoms with Crippen molar-refractivity contribution in [3.05, 3.63) is 52.3 Å². The molecule has 0 fully saturated rings. The summed E-state index contributed by atoms with van der Waals surface area (Å²) < 4.78 is 6.52. The van der Waals surface area contributed by atoms with E-state index in [1.54, 1.807) is 0 Å². The van der Waals surface area contributed by atoms with Gasteiger partial charge in [-0.1, -0.05) is 22.0 Å². The molecule has 0 radical (unpaired) electrons. The lowest BCUT2D eigenvalue weighted by Gasteiger charge is -2.09. The molecule has 1 heterocycles. The maximum absolute atomic E-state index is 10.8. The van der Waals surface area contributed by atoms with Crippen LogP contribution < -0.4 is 4.74 Å². The van der Waals surface area contributed by atoms with Gasteiger partial charge < -0.3 is 9.84 Å². The highest BCUT2D eigenvalue weighted by Gasteiger charge is 2.07. The van der Waals surface area contributed by atoms with Crippen LogP contribution in [0.25, 0.3) is 0 Å². The second-order valence-electron chi connectivity index (χ2n) is 3.73. The number of carboxylic acids is 1. The standard InChI is InChI=1S/C13H10BrNO3/c1-8-2-3-10(14)5-12(8)18-11-4-9(13(16)17)6-15-7-11/h2-7H,1H3,(H,16,17). The van der Waals surface area contributed by atoms with E-state index in [2.05, 4.69) is 20.9 Å². The van der Waals surface area contributed by atoms with Crippen molar-refractivity contribution in [2.45, 2.75) is 6.92 Å². The molecule has 1 N–H and O–H groups in total. The van der Waals surface area contributed by atoms with Gasteiger partial charge in [-0.25, -0.2) is 4.79 Å². The first kappa shape index (κ1) is 12.6. The Morgan fingerprint density at radius 2 is 2.11 bits per heavy atom. The number of aromatic carboxylic acids is 1. The monoisotopic (exact) mass is 307 g/mol. The second kappa shape index (κ2) is 5.18. The number of aryl methyl sites for hydroxylation is 1. The summed E-state index contributed by atoms with van der Waals surface area (Å²) in [6.45, 7) is 1.91. The number of hydrogen-bond acceptors (Lipinski definition) is 3. The Kier molecular flexibility index (Phi) is 3.62. The predicted octanol–water partition coefficient (Wildman–Crippen LogP) is 3.64. The van der Waals surface area contributed by atoms with E-state index in [1.165, 1.54) is 18.5 Å². The molecule has 0 spiro atoms. The number of carbonyl (C=O) groups is 1. The Morgan fingerprint density at radius 1 is 1.33 bits per heavy atom. The van der Waals surface area contributed by atoms with Gasteiger partial charge in [-0.2, -0.15) is 0 Å². The number of halogens is 1. The van der Waals surface area contributed by atoms with Gasteiger partial charge in [0.25, 0.3) is 0 Å². The molecule has 18 heavy (non-hydrogen) atoms. The molecule has 4 nitrogen and oxygen atoms in total. The largest absolute Gasteiger partial charge is 0.478 e. The predicted molar refractivity (Wildman–Crippen MR) is 70.1 cm³/mol. The van der Waals surface area contributed by atoms with Crippen molar-refractivity contribution in [3.8, 4) is 11.5 Å². The van der Waals surface area contributed by atoms with Crippen LogP contribution in [0.1, 0.15) is 15.9 Å². The van der Waals surface area contributed by atoms with Crippen molar-refractivity contribution in [1.29, 1.82) is 0 Å². The zero-order chi connectivity index (χ0) is 13.1. The Balaban J connectivity index is 2.31. The highest BCUT2D eigenvalue weighted by Crippen LogP contribution is 2.28. The fourth-order valence-electron chi connectivity index (χ4n) is 1.40. The van der Waals surface area contributed by atoms with Gasteiger partial charge in [0.05, 0.1) is 11.8 Å². The second-order valence-corrected chi connectivity index (χ2v) is 4.64. The van der Waals surface area contributed by atoms with Gasteiger partial charge >= 0.3 is 5.97 Å². The summed E-state index contributed by atoms with van der Waals surface area (Å²) in [5.74, 6) is 0.0312. The van der Waals surface area contributed by atoms with E-state index in [-0.39, 0.29) is 5.56 Å². The first-order valence-corrected chi connectivity index (χ1v) is 5.98. The van der Waals surface area contributed by atoms with Crippen molar-refractivity contribution >= 4 is 21.9 Å². The third-order valence-electron chi connectivity index (χ3n) is 2.34. The number of aromatic nitrogens is 1. The molecule has 92 valence electrons. The summed E-state index contributed by atoms with van der Waals surface area (Å²) >= 11 is 3.36. The van der Waals surface area contributed by atoms with Crippen LogP contribution in [0, 0.1) is 6.92 Å². The summed E-state index contributed by atoms with van der Waals surface area (Å²) in [4.78, 5) is 14.7. The van der Waals surface area contributed by atoms with Crippen molar-refractivity contribution in [2.75, 3.05) is 0 Å². The topological polar surface area (TPSA) is 59.4 Å². The summed E-state index contributed by atoms with van der Waals surface area (Å²) in [5, 5.41) is 8.87. The van der Waals surface area contributed by atoms with Crippen LogP contribution in [-0.2, 0) is 0 Å². The van der Waals surface area contributed by atoms with Gasteiger partial charge in [0.2, 0.25) is 0 Å². The van der Waals surface area contributed by atoms with E-state index in [0.29, 0.717) is 11.5 Å². The Bertz CT molecular complexity index is 599. The molecule has 0 aliphatic carbocycles. The van der Waals surface area contributed by atoms with Crippen LogP contribution in [0.3, 0.4) is 0 Å². The molecule has 5 heteroatoms. The fourth-order valence-corrected chi connectivity index (χ4v) is 1.74. The minimum atomic E-state index is -1.03. The van der Waals surface area contributed by atoms with Crippen molar-refractivity contribution in [1.82, 2.24) is 4.98 Å². The molecule has 0 atom stereocenters. The number of pyridine rings is 1. The van der Waals surface area contributed by atoms with E-state index in [0.717, 1.165) is 10.0 Å². The minimum absolute atomic E-state index is 0.0974. The van der Waals surface area contributed by atoms with E-state index in [9.17, 15) is 4.79 Å². The lowest BCUT2D eigenvalue weighted by Crippen LogP contribution is -1.98. The molecule has 0 saturated carbocycles. The lowest BCUT2D eigenvalue weighted by atomic mass is 10.2. The van der Waals surface area contributed by atoms with Gasteiger partial charge in [0.1, 0.15) is 11.5 Å². The van der Waals surface area contributed by atoms with Gasteiger partial charge in [0, 0.05) is 10.7 Å². The molecule has 1 aromatic heterocycles. The lowest BCUT2D eigenvalue weighted by molar-refractivity contribution is 0.0696. The average Bonchev–Trinajstić information content (AvgIpc) is 2.34. The van der Waals surface area contributed by atoms with Crippen LogP contribution in [0.15, 0.2) is 41.1 Å². The first-order chi connectivity index (χ1) is 8.56. The third-order valence-corrected chi connectivity index (χ3v) is 2.83. The van der Waals surface area contributed by atoms with Crippen LogP contribution in [0.4, 0.5) is 0 Å². The van der Waals surface area contributed by atoms with Gasteiger partial charge in [0.15, 0.2) is 0 Å². The molecule has 2 rings (SSSR count). The van der Waals surface area contributed by atoms with Gasteiger partial charge in [-0.05, 0) is 30.7 Å². The summed E-state index contributed by atoms with van der Waals surface area (Å²) in [6, 6.07) is 7.08. The molecule has 0 aliphatic rings. The molecular weight excluding hydrogens is 298 g/mol. The maximum atomic E-state index is 10.8. The smallest absolute Gasteiger partial charge is 0.337 e. The molecule has 1 aromatic carbocycles. The number of ether oxygens (including phenoxy) is 1. The number of rotatable bonds is 3. The van der Waals surface area contributed by atoms with Crippen molar-refractivity contribution in [2.24, 2.45) is 0 Å². The molecular formula is C13H10BrNO3. The van der Waals surface area contributed by atoms with E-state index < -0.39 is 5.97 Å². The van der Waals surface area contributed by atoms with Crippen LogP contribution in [0.2, 0.25) is 0 Å². The molecule has 0 bridgehead atoms. The molecule has 0 saturated heterocycles. The highest BCUT2D eigenvalue weighted by atomic mass is 79.9. The van der Waals surface area contributed by atoms with Crippen LogP contribution in [0.5, 0.6) is 11.5 Å². The minimum Gasteiger partial charge on any atom is -0.478 e. The molecule has 0 unspecified atom stereocenters. The Morgan fingerprint density at radius 3 is 2.83 bits per heavy atom. The normalized spacial score (nSPS) is 10.1. The highest BCUT2D eigenvalue weighted by molar-refractivity contribution is 9.10. The average molecular weight is 308 g/mol. The summed E-state index contributed by atoms with van der Waals surface area (Å²) in [7, 11) is 0. The number of carboxylic acid groups (broad SMARTS) is 1. The number of hydrogen-bond donors (Lipinski definition) is 1. The van der Waals surface area contributed by atoms with E-state index in [1.807, 2.05) is 25.1 Å². The zero-order valence-electron chi connectivity index (χ0n) is 9.55. The first-order valence-electron chi connectivity index (χ1n) is 5.18.